The Hall–Kier alpha value is -1.95. The summed E-state index contributed by atoms with van der Waals surface area (Å²) in [4.78, 5) is 21.6. The highest BCUT2D eigenvalue weighted by Crippen LogP contribution is 2.27. The fourth-order valence-electron chi connectivity index (χ4n) is 3.49. The Morgan fingerprint density at radius 2 is 2.12 bits per heavy atom. The van der Waals surface area contributed by atoms with Crippen molar-refractivity contribution in [2.45, 2.75) is 44.6 Å². The first-order valence-electron chi connectivity index (χ1n) is 8.58. The van der Waals surface area contributed by atoms with Crippen LogP contribution in [0.5, 0.6) is 0 Å². The smallest absolute Gasteiger partial charge is 0.223 e. The van der Waals surface area contributed by atoms with Crippen LogP contribution in [0, 0.1) is 11.7 Å². The van der Waals surface area contributed by atoms with Gasteiger partial charge in [0.05, 0.1) is 5.52 Å². The van der Waals surface area contributed by atoms with Crippen LogP contribution in [-0.4, -0.2) is 45.6 Å². The third-order valence-corrected chi connectivity index (χ3v) is 5.10. The Labute approximate surface area is 140 Å². The lowest BCUT2D eigenvalue weighted by Gasteiger charge is -2.34. The number of nitrogens with zero attached hydrogens (tertiary/aromatic N) is 2. The van der Waals surface area contributed by atoms with Crippen LogP contribution in [0.25, 0.3) is 11.0 Å². The summed E-state index contributed by atoms with van der Waals surface area (Å²) in [5.74, 6) is 0.762. The summed E-state index contributed by atoms with van der Waals surface area (Å²) >= 11 is 0. The second-order valence-electron chi connectivity index (χ2n) is 6.68. The number of rotatable bonds is 5. The molecular formula is C18H24FN3O2. The van der Waals surface area contributed by atoms with Crippen molar-refractivity contribution in [3.05, 3.63) is 29.8 Å². The molecule has 0 spiro atoms. The van der Waals surface area contributed by atoms with Gasteiger partial charge < -0.3 is 15.0 Å². The Morgan fingerprint density at radius 1 is 1.38 bits per heavy atom. The molecule has 1 aliphatic rings. The van der Waals surface area contributed by atoms with Gasteiger partial charge in [-0.2, -0.15) is 0 Å². The number of imidazole rings is 1. The Bertz CT molecular complexity index is 707. The van der Waals surface area contributed by atoms with Gasteiger partial charge in [0.15, 0.2) is 5.82 Å². The topological polar surface area (TPSA) is 69.2 Å². The van der Waals surface area contributed by atoms with Gasteiger partial charge in [-0.25, -0.2) is 9.37 Å². The number of H-pyrrole nitrogens is 1. The zero-order valence-corrected chi connectivity index (χ0v) is 14.0. The van der Waals surface area contributed by atoms with E-state index < -0.39 is 0 Å². The number of amides is 1. The Morgan fingerprint density at radius 3 is 2.79 bits per heavy atom. The molecule has 0 atom stereocenters. The SMILES string of the molecule is CN(C(=O)CCc1nc2c(F)cccc2[nH]1)C1CCC(CO)CC1. The molecule has 0 unspecified atom stereocenters. The highest BCUT2D eigenvalue weighted by molar-refractivity contribution is 5.77. The van der Waals surface area contributed by atoms with Gasteiger partial charge in [-0.1, -0.05) is 6.07 Å². The molecular weight excluding hydrogens is 309 g/mol. The number of aliphatic hydroxyl groups is 1. The monoisotopic (exact) mass is 333 g/mol. The lowest BCUT2D eigenvalue weighted by Crippen LogP contribution is -2.40. The van der Waals surface area contributed by atoms with Crippen LogP contribution in [-0.2, 0) is 11.2 Å². The van der Waals surface area contributed by atoms with Crippen LogP contribution in [0.3, 0.4) is 0 Å². The van der Waals surface area contributed by atoms with Crippen molar-refractivity contribution in [2.75, 3.05) is 13.7 Å². The zero-order chi connectivity index (χ0) is 17.1. The average Bonchev–Trinajstić information content (AvgIpc) is 3.03. The third-order valence-electron chi connectivity index (χ3n) is 5.10. The molecule has 1 fully saturated rings. The summed E-state index contributed by atoms with van der Waals surface area (Å²) in [6.45, 7) is 0.243. The van der Waals surface area contributed by atoms with Crippen LogP contribution in [0.4, 0.5) is 4.39 Å². The van der Waals surface area contributed by atoms with Crippen LogP contribution in [0.2, 0.25) is 0 Å². The molecule has 0 radical (unpaired) electrons. The van der Waals surface area contributed by atoms with Gasteiger partial charge >= 0.3 is 0 Å². The van der Waals surface area contributed by atoms with Crippen LogP contribution in [0.15, 0.2) is 18.2 Å². The van der Waals surface area contributed by atoms with Crippen LogP contribution < -0.4 is 0 Å². The number of para-hydroxylation sites is 1. The second kappa shape index (κ2) is 7.30. The molecule has 3 rings (SSSR count). The van der Waals surface area contributed by atoms with Gasteiger partial charge in [0, 0.05) is 32.5 Å². The van der Waals surface area contributed by atoms with Gasteiger partial charge in [0.1, 0.15) is 11.3 Å². The fraction of sp³-hybridized carbons (Fsp3) is 0.556. The first-order chi connectivity index (χ1) is 11.6. The highest BCUT2D eigenvalue weighted by Gasteiger charge is 2.26. The third kappa shape index (κ3) is 3.59. The van der Waals surface area contributed by atoms with Crippen molar-refractivity contribution in [3.63, 3.8) is 0 Å². The maximum atomic E-state index is 13.7. The van der Waals surface area contributed by atoms with E-state index in [2.05, 4.69) is 9.97 Å². The number of hydrogen-bond donors (Lipinski definition) is 2. The number of aromatic amines is 1. The summed E-state index contributed by atoms with van der Waals surface area (Å²) in [6.07, 6.45) is 4.68. The van der Waals surface area contributed by atoms with E-state index in [1.165, 1.54) is 6.07 Å². The van der Waals surface area contributed by atoms with Crippen LogP contribution >= 0.6 is 0 Å². The second-order valence-corrected chi connectivity index (χ2v) is 6.68. The molecule has 130 valence electrons. The molecule has 0 saturated heterocycles. The normalized spacial score (nSPS) is 21.1. The van der Waals surface area contributed by atoms with Crippen LogP contribution in [0.1, 0.15) is 37.9 Å². The lowest BCUT2D eigenvalue weighted by atomic mass is 9.86. The number of carbonyl (C=O) groups excluding carboxylic acids is 1. The van der Waals surface area contributed by atoms with Crippen molar-refractivity contribution in [1.82, 2.24) is 14.9 Å². The molecule has 5 nitrogen and oxygen atoms in total. The van der Waals surface area contributed by atoms with Gasteiger partial charge in [-0.05, 0) is 43.7 Å². The minimum absolute atomic E-state index is 0.0865. The molecule has 1 aromatic heterocycles. The highest BCUT2D eigenvalue weighted by atomic mass is 19.1. The van der Waals surface area contributed by atoms with Crippen molar-refractivity contribution in [2.24, 2.45) is 5.92 Å². The minimum atomic E-state index is -0.348. The van der Waals surface area contributed by atoms with Crippen molar-refractivity contribution in [3.8, 4) is 0 Å². The van der Waals surface area contributed by atoms with Crippen molar-refractivity contribution < 1.29 is 14.3 Å². The number of aryl methyl sites for hydroxylation is 1. The van der Waals surface area contributed by atoms with E-state index in [0.717, 1.165) is 25.7 Å². The molecule has 6 heteroatoms. The summed E-state index contributed by atoms with van der Waals surface area (Å²) in [6, 6.07) is 5.06. The molecule has 1 aliphatic carbocycles. The number of aliphatic hydroxyl groups excluding tert-OH is 1. The standard InChI is InChI=1S/C18H24FN3O2/c1-22(13-7-5-12(11-23)6-8-13)17(24)10-9-16-20-15-4-2-3-14(19)18(15)21-16/h2-4,12-13,23H,5-11H2,1H3,(H,20,21). The largest absolute Gasteiger partial charge is 0.396 e. The van der Waals surface area contributed by atoms with E-state index in [4.69, 9.17) is 0 Å². The number of nitrogens with one attached hydrogen (secondary N) is 1. The quantitative estimate of drug-likeness (QED) is 0.884. The molecule has 1 amide bonds. The molecule has 24 heavy (non-hydrogen) atoms. The van der Waals surface area contributed by atoms with E-state index in [0.29, 0.717) is 35.6 Å². The van der Waals surface area contributed by atoms with Gasteiger partial charge in [-0.15, -0.1) is 0 Å². The van der Waals surface area contributed by atoms with Crippen molar-refractivity contribution in [1.29, 1.82) is 0 Å². The Kier molecular flexibility index (Phi) is 5.14. The summed E-state index contributed by atoms with van der Waals surface area (Å²) in [5.41, 5.74) is 0.990. The lowest BCUT2D eigenvalue weighted by molar-refractivity contribution is -0.132. The number of benzene rings is 1. The van der Waals surface area contributed by atoms with Gasteiger partial charge in [-0.3, -0.25) is 4.79 Å². The zero-order valence-electron chi connectivity index (χ0n) is 14.0. The first kappa shape index (κ1) is 16.9. The molecule has 1 aromatic carbocycles. The molecule has 1 heterocycles. The predicted octanol–water partition coefficient (Wildman–Crippen LogP) is 2.64. The summed E-state index contributed by atoms with van der Waals surface area (Å²) in [7, 11) is 1.85. The fourth-order valence-corrected chi connectivity index (χ4v) is 3.49. The van der Waals surface area contributed by atoms with Crippen molar-refractivity contribution >= 4 is 16.9 Å². The molecule has 1 saturated carbocycles. The first-order valence-corrected chi connectivity index (χ1v) is 8.58. The van der Waals surface area contributed by atoms with E-state index in [9.17, 15) is 14.3 Å². The number of carbonyl (C=O) groups is 1. The van der Waals surface area contributed by atoms with E-state index >= 15 is 0 Å². The van der Waals surface area contributed by atoms with Gasteiger partial charge in [0.2, 0.25) is 5.91 Å². The number of halogens is 1. The van der Waals surface area contributed by atoms with Gasteiger partial charge in [0.25, 0.3) is 0 Å². The summed E-state index contributed by atoms with van der Waals surface area (Å²) in [5, 5.41) is 9.20. The Balaban J connectivity index is 1.55. The molecule has 0 aliphatic heterocycles. The van der Waals surface area contributed by atoms with E-state index in [1.54, 1.807) is 12.1 Å². The maximum absolute atomic E-state index is 13.7. The summed E-state index contributed by atoms with van der Waals surface area (Å²) < 4.78 is 13.7. The number of hydrogen-bond acceptors (Lipinski definition) is 3. The molecule has 2 aromatic rings. The van der Waals surface area contributed by atoms with E-state index in [1.807, 2.05) is 11.9 Å². The predicted molar refractivity (Wildman–Crippen MR) is 90.0 cm³/mol. The minimum Gasteiger partial charge on any atom is -0.396 e. The number of aromatic nitrogens is 2. The average molecular weight is 333 g/mol. The molecule has 0 bridgehead atoms. The number of fused-ring (bicyclic) bond motifs is 1. The maximum Gasteiger partial charge on any atom is 0.223 e. The molecule has 2 N–H and O–H groups in total. The van der Waals surface area contributed by atoms with E-state index in [-0.39, 0.29) is 24.4 Å².